The summed E-state index contributed by atoms with van der Waals surface area (Å²) < 4.78 is 1.05. The Balaban J connectivity index is 1.72. The van der Waals surface area contributed by atoms with Gasteiger partial charge in [0.1, 0.15) is 0 Å². The van der Waals surface area contributed by atoms with Crippen LogP contribution in [0.1, 0.15) is 32.4 Å². The Morgan fingerprint density at radius 2 is 2.11 bits per heavy atom. The molecule has 1 fully saturated rings. The molecule has 2 heterocycles. The van der Waals surface area contributed by atoms with Crippen LogP contribution in [0.4, 0.5) is 0 Å². The Morgan fingerprint density at radius 3 is 2.68 bits per heavy atom. The third-order valence-corrected chi connectivity index (χ3v) is 4.17. The SMILES string of the molecule is CC(C)NCC1CCN(Cc2ccc(Br)cn2)CC1. The standard InChI is InChI=1S/C15H24BrN3/c1-12(2)17-9-13-5-7-19(8-6-13)11-15-4-3-14(16)10-18-15/h3-4,10,12-13,17H,5-9,11H2,1-2H3. The van der Waals surface area contributed by atoms with Gasteiger partial charge in [0.2, 0.25) is 0 Å². The van der Waals surface area contributed by atoms with Crippen molar-refractivity contribution in [3.8, 4) is 0 Å². The van der Waals surface area contributed by atoms with Crippen LogP contribution in [0.3, 0.4) is 0 Å². The lowest BCUT2D eigenvalue weighted by Gasteiger charge is -2.32. The molecule has 0 spiro atoms. The zero-order valence-corrected chi connectivity index (χ0v) is 13.5. The van der Waals surface area contributed by atoms with Crippen molar-refractivity contribution in [3.05, 3.63) is 28.5 Å². The molecular weight excluding hydrogens is 302 g/mol. The Morgan fingerprint density at radius 1 is 1.37 bits per heavy atom. The van der Waals surface area contributed by atoms with Crippen LogP contribution < -0.4 is 5.32 Å². The Kier molecular flexibility index (Phi) is 5.79. The molecule has 1 aliphatic heterocycles. The average molecular weight is 326 g/mol. The third-order valence-electron chi connectivity index (χ3n) is 3.70. The van der Waals surface area contributed by atoms with Crippen molar-refractivity contribution in [2.24, 2.45) is 5.92 Å². The maximum atomic E-state index is 4.45. The Labute approximate surface area is 124 Å². The van der Waals surface area contributed by atoms with Crippen LogP contribution in [0.15, 0.2) is 22.8 Å². The van der Waals surface area contributed by atoms with Crippen molar-refractivity contribution < 1.29 is 0 Å². The van der Waals surface area contributed by atoms with Gasteiger partial charge in [0.15, 0.2) is 0 Å². The predicted octanol–water partition coefficient (Wildman–Crippen LogP) is 3.05. The van der Waals surface area contributed by atoms with Crippen LogP contribution in [-0.4, -0.2) is 35.6 Å². The molecule has 0 amide bonds. The molecule has 0 unspecified atom stereocenters. The normalized spacial score (nSPS) is 18.1. The lowest BCUT2D eigenvalue weighted by Crippen LogP contribution is -2.38. The summed E-state index contributed by atoms with van der Waals surface area (Å²) in [7, 11) is 0. The monoisotopic (exact) mass is 325 g/mol. The molecule has 19 heavy (non-hydrogen) atoms. The van der Waals surface area contributed by atoms with Gasteiger partial charge in [-0.05, 0) is 66.5 Å². The second-order valence-electron chi connectivity index (χ2n) is 5.75. The molecule has 0 aromatic carbocycles. The van der Waals surface area contributed by atoms with E-state index in [4.69, 9.17) is 0 Å². The van der Waals surface area contributed by atoms with Crippen molar-refractivity contribution in [1.29, 1.82) is 0 Å². The van der Waals surface area contributed by atoms with E-state index in [-0.39, 0.29) is 0 Å². The number of likely N-dealkylation sites (tertiary alicyclic amines) is 1. The number of nitrogens with one attached hydrogen (secondary N) is 1. The minimum atomic E-state index is 0.602. The maximum Gasteiger partial charge on any atom is 0.0544 e. The fourth-order valence-corrected chi connectivity index (χ4v) is 2.71. The molecule has 1 aromatic heterocycles. The predicted molar refractivity (Wildman–Crippen MR) is 83.1 cm³/mol. The van der Waals surface area contributed by atoms with E-state index in [0.717, 1.165) is 16.9 Å². The van der Waals surface area contributed by atoms with Crippen LogP contribution in [0, 0.1) is 5.92 Å². The Hall–Kier alpha value is -0.450. The Bertz CT molecular complexity index is 369. The molecule has 1 aliphatic rings. The first-order chi connectivity index (χ1) is 9.13. The van der Waals surface area contributed by atoms with Gasteiger partial charge in [-0.15, -0.1) is 0 Å². The van der Waals surface area contributed by atoms with Gasteiger partial charge >= 0.3 is 0 Å². The lowest BCUT2D eigenvalue weighted by atomic mass is 9.96. The number of hydrogen-bond donors (Lipinski definition) is 1. The van der Waals surface area contributed by atoms with Gasteiger partial charge in [-0.1, -0.05) is 13.8 Å². The van der Waals surface area contributed by atoms with Crippen molar-refractivity contribution in [3.63, 3.8) is 0 Å². The molecular formula is C15H24BrN3. The van der Waals surface area contributed by atoms with Crippen molar-refractivity contribution in [2.45, 2.75) is 39.3 Å². The van der Waals surface area contributed by atoms with Crippen LogP contribution in [0.5, 0.6) is 0 Å². The van der Waals surface area contributed by atoms with Gasteiger partial charge in [0.05, 0.1) is 5.69 Å². The van der Waals surface area contributed by atoms with Crippen LogP contribution in [0.25, 0.3) is 0 Å². The fraction of sp³-hybridized carbons (Fsp3) is 0.667. The third kappa shape index (κ3) is 5.21. The largest absolute Gasteiger partial charge is 0.314 e. The summed E-state index contributed by atoms with van der Waals surface area (Å²) in [6.07, 6.45) is 4.49. The van der Waals surface area contributed by atoms with Gasteiger partial charge in [-0.2, -0.15) is 0 Å². The second-order valence-corrected chi connectivity index (χ2v) is 6.67. The molecule has 0 bridgehead atoms. The highest BCUT2D eigenvalue weighted by Gasteiger charge is 2.19. The lowest BCUT2D eigenvalue weighted by molar-refractivity contribution is 0.172. The first-order valence-corrected chi connectivity index (χ1v) is 7.99. The number of piperidine rings is 1. The molecule has 106 valence electrons. The fourth-order valence-electron chi connectivity index (χ4n) is 2.48. The minimum Gasteiger partial charge on any atom is -0.314 e. The molecule has 1 aromatic rings. The second kappa shape index (κ2) is 7.36. The number of pyridine rings is 1. The van der Waals surface area contributed by atoms with Gasteiger partial charge in [-0.3, -0.25) is 9.88 Å². The van der Waals surface area contributed by atoms with E-state index < -0.39 is 0 Å². The van der Waals surface area contributed by atoms with Crippen LogP contribution >= 0.6 is 15.9 Å². The summed E-state index contributed by atoms with van der Waals surface area (Å²) in [4.78, 5) is 6.97. The molecule has 1 N–H and O–H groups in total. The van der Waals surface area contributed by atoms with E-state index >= 15 is 0 Å². The molecule has 3 nitrogen and oxygen atoms in total. The number of nitrogens with zero attached hydrogens (tertiary/aromatic N) is 2. The van der Waals surface area contributed by atoms with E-state index in [1.54, 1.807) is 0 Å². The molecule has 4 heteroatoms. The average Bonchev–Trinajstić information content (AvgIpc) is 2.40. The topological polar surface area (TPSA) is 28.2 Å². The van der Waals surface area contributed by atoms with Crippen molar-refractivity contribution >= 4 is 15.9 Å². The summed E-state index contributed by atoms with van der Waals surface area (Å²) in [6.45, 7) is 8.98. The number of halogens is 1. The molecule has 1 saturated heterocycles. The van der Waals surface area contributed by atoms with Gasteiger partial charge in [0.25, 0.3) is 0 Å². The highest BCUT2D eigenvalue weighted by atomic mass is 79.9. The van der Waals surface area contributed by atoms with Crippen molar-refractivity contribution in [2.75, 3.05) is 19.6 Å². The highest BCUT2D eigenvalue weighted by molar-refractivity contribution is 9.10. The molecule has 2 rings (SSSR count). The van der Waals surface area contributed by atoms with E-state index in [1.165, 1.54) is 38.2 Å². The van der Waals surface area contributed by atoms with E-state index in [9.17, 15) is 0 Å². The van der Waals surface area contributed by atoms with Gasteiger partial charge in [-0.25, -0.2) is 0 Å². The van der Waals surface area contributed by atoms with E-state index in [2.05, 4.69) is 57.1 Å². The number of hydrogen-bond acceptors (Lipinski definition) is 3. The van der Waals surface area contributed by atoms with Gasteiger partial charge < -0.3 is 5.32 Å². The van der Waals surface area contributed by atoms with E-state index in [0.29, 0.717) is 6.04 Å². The van der Waals surface area contributed by atoms with Crippen LogP contribution in [-0.2, 0) is 6.54 Å². The summed E-state index contributed by atoms with van der Waals surface area (Å²) in [5.74, 6) is 0.844. The quantitative estimate of drug-likeness (QED) is 0.901. The molecule has 0 radical (unpaired) electrons. The number of aromatic nitrogens is 1. The van der Waals surface area contributed by atoms with Crippen LogP contribution in [0.2, 0.25) is 0 Å². The highest BCUT2D eigenvalue weighted by Crippen LogP contribution is 2.18. The smallest absolute Gasteiger partial charge is 0.0544 e. The summed E-state index contributed by atoms with van der Waals surface area (Å²) in [5.41, 5.74) is 1.17. The van der Waals surface area contributed by atoms with Gasteiger partial charge in [0, 0.05) is 23.3 Å². The molecule has 0 atom stereocenters. The first-order valence-electron chi connectivity index (χ1n) is 7.19. The zero-order valence-electron chi connectivity index (χ0n) is 11.9. The molecule has 0 aliphatic carbocycles. The first kappa shape index (κ1) is 14.9. The molecule has 0 saturated carbocycles. The zero-order chi connectivity index (χ0) is 13.7. The maximum absolute atomic E-state index is 4.45. The summed E-state index contributed by atoms with van der Waals surface area (Å²) >= 11 is 3.42. The number of rotatable bonds is 5. The summed E-state index contributed by atoms with van der Waals surface area (Å²) in [5, 5.41) is 3.55. The summed E-state index contributed by atoms with van der Waals surface area (Å²) in [6, 6.07) is 4.78. The van der Waals surface area contributed by atoms with E-state index in [1.807, 2.05) is 6.20 Å². The van der Waals surface area contributed by atoms with Crippen molar-refractivity contribution in [1.82, 2.24) is 15.2 Å². The minimum absolute atomic E-state index is 0.602.